The van der Waals surface area contributed by atoms with Gasteiger partial charge in [0.1, 0.15) is 5.54 Å². The summed E-state index contributed by atoms with van der Waals surface area (Å²) in [7, 11) is 0. The highest BCUT2D eigenvalue weighted by molar-refractivity contribution is 9.10. The largest absolute Gasteiger partial charge is 0.354 e. The molecule has 0 saturated carbocycles. The van der Waals surface area contributed by atoms with Crippen molar-refractivity contribution in [2.75, 3.05) is 13.1 Å². The second-order valence-corrected chi connectivity index (χ2v) is 6.40. The molecule has 2 amide bonds. The summed E-state index contributed by atoms with van der Waals surface area (Å²) in [5.41, 5.74) is -0.246. The topological polar surface area (TPSA) is 62.3 Å². The molecule has 1 aliphatic rings. The van der Waals surface area contributed by atoms with Crippen LogP contribution in [0.15, 0.2) is 22.9 Å². The van der Waals surface area contributed by atoms with Gasteiger partial charge < -0.3 is 10.2 Å². The van der Waals surface area contributed by atoms with Crippen LogP contribution in [0, 0.1) is 0 Å². The Kier molecular flexibility index (Phi) is 4.98. The van der Waals surface area contributed by atoms with Gasteiger partial charge in [0.25, 0.3) is 5.91 Å². The van der Waals surface area contributed by atoms with E-state index in [0.717, 1.165) is 17.3 Å². The van der Waals surface area contributed by atoms with Gasteiger partial charge in [-0.2, -0.15) is 0 Å². The fourth-order valence-electron chi connectivity index (χ4n) is 2.37. The zero-order valence-electron chi connectivity index (χ0n) is 12.4. The summed E-state index contributed by atoms with van der Waals surface area (Å²) in [4.78, 5) is 30.4. The summed E-state index contributed by atoms with van der Waals surface area (Å²) in [5, 5.41) is 2.92. The molecule has 1 saturated heterocycles. The fraction of sp³-hybridized carbons (Fsp3) is 0.533. The number of rotatable bonds is 5. The minimum atomic E-state index is -0.743. The van der Waals surface area contributed by atoms with E-state index in [1.54, 1.807) is 17.2 Å². The Morgan fingerprint density at radius 2 is 2.24 bits per heavy atom. The quantitative estimate of drug-likeness (QED) is 0.826. The second-order valence-electron chi connectivity index (χ2n) is 5.48. The molecule has 1 N–H and O–H groups in total. The van der Waals surface area contributed by atoms with Crippen molar-refractivity contribution < 1.29 is 9.59 Å². The maximum atomic E-state index is 12.5. The smallest absolute Gasteiger partial charge is 0.256 e. The number of pyridine rings is 1. The molecule has 0 spiro atoms. The van der Waals surface area contributed by atoms with Crippen molar-refractivity contribution in [2.45, 2.75) is 38.6 Å². The molecule has 0 aromatic carbocycles. The van der Waals surface area contributed by atoms with Crippen LogP contribution in [0.1, 0.15) is 43.5 Å². The van der Waals surface area contributed by atoms with Crippen LogP contribution in [-0.4, -0.2) is 40.3 Å². The van der Waals surface area contributed by atoms with Crippen molar-refractivity contribution in [3.8, 4) is 0 Å². The first-order chi connectivity index (χ1) is 9.99. The number of hydrogen-bond acceptors (Lipinski definition) is 3. The van der Waals surface area contributed by atoms with Gasteiger partial charge in [0.2, 0.25) is 5.91 Å². The van der Waals surface area contributed by atoms with Crippen molar-refractivity contribution in [1.29, 1.82) is 0 Å². The van der Waals surface area contributed by atoms with Crippen molar-refractivity contribution in [3.05, 3.63) is 28.5 Å². The molecule has 0 aliphatic carbocycles. The van der Waals surface area contributed by atoms with Gasteiger partial charge in [-0.1, -0.05) is 13.3 Å². The molecule has 1 unspecified atom stereocenters. The van der Waals surface area contributed by atoms with Gasteiger partial charge >= 0.3 is 0 Å². The predicted octanol–water partition coefficient (Wildman–Crippen LogP) is 2.37. The zero-order chi connectivity index (χ0) is 15.5. The Bertz CT molecular complexity index is 549. The summed E-state index contributed by atoms with van der Waals surface area (Å²) in [6, 6.07) is 1.73. The fourth-order valence-corrected chi connectivity index (χ4v) is 2.74. The number of aromatic nitrogens is 1. The monoisotopic (exact) mass is 353 g/mol. The molecule has 0 radical (unpaired) electrons. The first-order valence-electron chi connectivity index (χ1n) is 7.20. The first-order valence-corrected chi connectivity index (χ1v) is 7.99. The lowest BCUT2D eigenvalue weighted by molar-refractivity contribution is -0.137. The summed E-state index contributed by atoms with van der Waals surface area (Å²) in [5.74, 6) is -0.221. The number of nitrogens with zero attached hydrogens (tertiary/aromatic N) is 2. The molecule has 2 heterocycles. The highest BCUT2D eigenvalue weighted by Gasteiger charge is 2.49. The van der Waals surface area contributed by atoms with Gasteiger partial charge in [-0.05, 0) is 41.8 Å². The van der Waals surface area contributed by atoms with Crippen LogP contribution in [-0.2, 0) is 4.79 Å². The van der Waals surface area contributed by atoms with Gasteiger partial charge in [-0.25, -0.2) is 0 Å². The van der Waals surface area contributed by atoms with E-state index in [9.17, 15) is 9.59 Å². The van der Waals surface area contributed by atoms with Gasteiger partial charge in [0, 0.05) is 30.0 Å². The SMILES string of the molecule is CCCCNC(=O)C1(C)CCN1C(=O)c1cncc(Br)c1. The molecule has 1 aromatic heterocycles. The molecular weight excluding hydrogens is 334 g/mol. The van der Waals surface area contributed by atoms with E-state index < -0.39 is 5.54 Å². The minimum Gasteiger partial charge on any atom is -0.354 e. The van der Waals surface area contributed by atoms with Crippen LogP contribution < -0.4 is 5.32 Å². The second kappa shape index (κ2) is 6.56. The summed E-state index contributed by atoms with van der Waals surface area (Å²) in [6.07, 6.45) is 5.83. The summed E-state index contributed by atoms with van der Waals surface area (Å²) >= 11 is 3.31. The zero-order valence-corrected chi connectivity index (χ0v) is 13.9. The number of likely N-dealkylation sites (tertiary alicyclic amines) is 1. The number of nitrogens with one attached hydrogen (secondary N) is 1. The summed E-state index contributed by atoms with van der Waals surface area (Å²) in [6.45, 7) is 5.16. The van der Waals surface area contributed by atoms with Crippen LogP contribution in [0.4, 0.5) is 0 Å². The first kappa shape index (κ1) is 15.9. The third-order valence-corrected chi connectivity index (χ3v) is 4.35. The molecule has 1 aromatic rings. The van der Waals surface area contributed by atoms with Crippen LogP contribution in [0.2, 0.25) is 0 Å². The highest BCUT2D eigenvalue weighted by Crippen LogP contribution is 2.32. The maximum Gasteiger partial charge on any atom is 0.256 e. The van der Waals surface area contributed by atoms with E-state index >= 15 is 0 Å². The number of carbonyl (C=O) groups is 2. The van der Waals surface area contributed by atoms with Crippen molar-refractivity contribution in [3.63, 3.8) is 0 Å². The Morgan fingerprint density at radius 3 is 2.81 bits per heavy atom. The van der Waals surface area contributed by atoms with Gasteiger partial charge in [0.15, 0.2) is 0 Å². The van der Waals surface area contributed by atoms with E-state index in [4.69, 9.17) is 0 Å². The van der Waals surface area contributed by atoms with Crippen LogP contribution in [0.25, 0.3) is 0 Å². The number of hydrogen-bond donors (Lipinski definition) is 1. The highest BCUT2D eigenvalue weighted by atomic mass is 79.9. The average molecular weight is 354 g/mol. The van der Waals surface area contributed by atoms with E-state index in [2.05, 4.69) is 33.2 Å². The summed E-state index contributed by atoms with van der Waals surface area (Å²) < 4.78 is 0.753. The van der Waals surface area contributed by atoms with Gasteiger partial charge in [-0.15, -0.1) is 0 Å². The van der Waals surface area contributed by atoms with Gasteiger partial charge in [0.05, 0.1) is 5.56 Å². The molecule has 2 rings (SSSR count). The Balaban J connectivity index is 2.06. The number of amides is 2. The minimum absolute atomic E-state index is 0.0708. The molecule has 5 nitrogen and oxygen atoms in total. The standard InChI is InChI=1S/C15H20BrN3O2/c1-3-4-6-18-14(21)15(2)5-7-19(15)13(20)11-8-12(16)10-17-9-11/h8-10H,3-7H2,1-2H3,(H,18,21). The Labute approximate surface area is 133 Å². The lowest BCUT2D eigenvalue weighted by Gasteiger charge is -2.49. The van der Waals surface area contributed by atoms with Crippen LogP contribution in [0.3, 0.4) is 0 Å². The molecular formula is C15H20BrN3O2. The number of carbonyl (C=O) groups excluding carboxylic acids is 2. The Morgan fingerprint density at radius 1 is 1.48 bits per heavy atom. The molecule has 0 bridgehead atoms. The van der Waals surface area contributed by atoms with Crippen molar-refractivity contribution in [1.82, 2.24) is 15.2 Å². The number of halogens is 1. The lowest BCUT2D eigenvalue weighted by Crippen LogP contribution is -2.67. The van der Waals surface area contributed by atoms with E-state index in [1.165, 1.54) is 6.20 Å². The third kappa shape index (κ3) is 3.26. The van der Waals surface area contributed by atoms with Crippen molar-refractivity contribution >= 4 is 27.7 Å². The molecule has 6 heteroatoms. The maximum absolute atomic E-state index is 12.5. The molecule has 1 aliphatic heterocycles. The lowest BCUT2D eigenvalue weighted by atomic mass is 9.85. The van der Waals surface area contributed by atoms with Crippen LogP contribution >= 0.6 is 15.9 Å². The molecule has 21 heavy (non-hydrogen) atoms. The molecule has 1 atom stereocenters. The van der Waals surface area contributed by atoms with Crippen molar-refractivity contribution in [2.24, 2.45) is 0 Å². The van der Waals surface area contributed by atoms with Gasteiger partial charge in [-0.3, -0.25) is 14.6 Å². The third-order valence-electron chi connectivity index (χ3n) is 3.92. The predicted molar refractivity (Wildman–Crippen MR) is 83.9 cm³/mol. The normalized spacial score (nSPS) is 20.8. The van der Waals surface area contributed by atoms with E-state index in [1.807, 2.05) is 6.92 Å². The average Bonchev–Trinajstić information content (AvgIpc) is 2.45. The molecule has 1 fully saturated rings. The van der Waals surface area contributed by atoms with E-state index in [-0.39, 0.29) is 11.8 Å². The Hall–Kier alpha value is -1.43. The van der Waals surface area contributed by atoms with E-state index in [0.29, 0.717) is 25.1 Å². The molecule has 114 valence electrons. The van der Waals surface area contributed by atoms with Crippen LogP contribution in [0.5, 0.6) is 0 Å². The number of unbranched alkanes of at least 4 members (excludes halogenated alkanes) is 1.